The first-order valence-corrected chi connectivity index (χ1v) is 11.7. The van der Waals surface area contributed by atoms with Crippen LogP contribution in [0.2, 0.25) is 10.0 Å². The predicted octanol–water partition coefficient (Wildman–Crippen LogP) is 4.06. The molecule has 5 nitrogen and oxygen atoms in total. The lowest BCUT2D eigenvalue weighted by molar-refractivity contribution is -0.121. The van der Waals surface area contributed by atoms with Crippen molar-refractivity contribution < 1.29 is 13.2 Å². The van der Waals surface area contributed by atoms with Crippen LogP contribution in [0.1, 0.15) is 6.92 Å². The van der Waals surface area contributed by atoms with Crippen LogP contribution in [0.4, 0.5) is 5.69 Å². The Morgan fingerprint density at radius 2 is 1.74 bits per heavy atom. The fourth-order valence-corrected chi connectivity index (χ4v) is 4.95. The van der Waals surface area contributed by atoms with E-state index in [0.29, 0.717) is 12.3 Å². The summed E-state index contributed by atoms with van der Waals surface area (Å²) in [5, 5.41) is 3.35. The van der Waals surface area contributed by atoms with Crippen LogP contribution in [-0.2, 0) is 14.8 Å². The van der Waals surface area contributed by atoms with E-state index in [1.165, 1.54) is 25.1 Å². The van der Waals surface area contributed by atoms with Crippen LogP contribution in [0.25, 0.3) is 0 Å². The predicted molar refractivity (Wildman–Crippen MR) is 113 cm³/mol. The monoisotopic (exact) mass is 446 g/mol. The fourth-order valence-electron chi connectivity index (χ4n) is 2.48. The Kier molecular flexibility index (Phi) is 7.85. The molecule has 9 heteroatoms. The van der Waals surface area contributed by atoms with Gasteiger partial charge in [-0.3, -0.25) is 9.10 Å². The first-order chi connectivity index (χ1) is 12.7. The van der Waals surface area contributed by atoms with E-state index in [2.05, 4.69) is 5.32 Å². The minimum Gasteiger partial charge on any atom is -0.353 e. The second-order valence-corrected chi connectivity index (χ2v) is 9.72. The van der Waals surface area contributed by atoms with Crippen molar-refractivity contribution in [2.45, 2.75) is 17.9 Å². The highest BCUT2D eigenvalue weighted by Crippen LogP contribution is 2.28. The summed E-state index contributed by atoms with van der Waals surface area (Å²) in [7, 11) is -3.72. The first-order valence-electron chi connectivity index (χ1n) is 8.09. The molecule has 0 aromatic heterocycles. The summed E-state index contributed by atoms with van der Waals surface area (Å²) in [6, 6.07) is 13.3. The molecule has 0 aliphatic carbocycles. The van der Waals surface area contributed by atoms with Gasteiger partial charge in [0, 0.05) is 27.2 Å². The molecule has 1 atom stereocenters. The average Bonchev–Trinajstić information content (AvgIpc) is 2.57. The van der Waals surface area contributed by atoms with Gasteiger partial charge in [-0.25, -0.2) is 8.42 Å². The third-order valence-electron chi connectivity index (χ3n) is 3.60. The third-order valence-corrected chi connectivity index (χ3v) is 6.30. The van der Waals surface area contributed by atoms with Crippen LogP contribution in [0.3, 0.4) is 0 Å². The summed E-state index contributed by atoms with van der Waals surface area (Å²) < 4.78 is 25.6. The molecule has 0 aliphatic heterocycles. The second kappa shape index (κ2) is 9.68. The Morgan fingerprint density at radius 1 is 1.15 bits per heavy atom. The van der Waals surface area contributed by atoms with E-state index < -0.39 is 22.0 Å². The van der Waals surface area contributed by atoms with E-state index in [-0.39, 0.29) is 15.7 Å². The van der Waals surface area contributed by atoms with Crippen LogP contribution in [0.5, 0.6) is 0 Å². The largest absolute Gasteiger partial charge is 0.353 e. The Hall–Kier alpha value is -1.41. The lowest BCUT2D eigenvalue weighted by Gasteiger charge is -2.28. The standard InChI is InChI=1S/C18H20Cl2N2O3S2/c1-13(18(23)21-8-9-26-17-6-4-3-5-7-17)22(27(2,24)25)16-11-14(19)10-15(20)12-16/h3-7,10-13H,8-9H2,1-2H3,(H,21,23). The number of thioether (sulfide) groups is 1. The molecule has 0 aliphatic rings. The van der Waals surface area contributed by atoms with Gasteiger partial charge < -0.3 is 5.32 Å². The Labute approximate surface area is 174 Å². The molecule has 1 amide bonds. The van der Waals surface area contributed by atoms with E-state index in [9.17, 15) is 13.2 Å². The van der Waals surface area contributed by atoms with Crippen molar-refractivity contribution in [3.05, 3.63) is 58.6 Å². The van der Waals surface area contributed by atoms with Crippen molar-refractivity contribution in [1.29, 1.82) is 0 Å². The quantitative estimate of drug-likeness (QED) is 0.490. The summed E-state index contributed by atoms with van der Waals surface area (Å²) >= 11 is 13.6. The van der Waals surface area contributed by atoms with Crippen LogP contribution < -0.4 is 9.62 Å². The molecule has 0 spiro atoms. The average molecular weight is 447 g/mol. The van der Waals surface area contributed by atoms with Crippen LogP contribution in [0, 0.1) is 0 Å². The van der Waals surface area contributed by atoms with E-state index in [1.54, 1.807) is 11.8 Å². The molecule has 0 fully saturated rings. The molecule has 0 saturated carbocycles. The maximum Gasteiger partial charge on any atom is 0.243 e. The van der Waals surface area contributed by atoms with Crippen molar-refractivity contribution in [2.24, 2.45) is 0 Å². The lowest BCUT2D eigenvalue weighted by Crippen LogP contribution is -2.48. The number of nitrogens with zero attached hydrogens (tertiary/aromatic N) is 1. The zero-order chi connectivity index (χ0) is 20.0. The summed E-state index contributed by atoms with van der Waals surface area (Å²) in [5.74, 6) is 0.273. The minimum absolute atomic E-state index is 0.247. The highest BCUT2D eigenvalue weighted by Gasteiger charge is 2.29. The Morgan fingerprint density at radius 3 is 2.30 bits per heavy atom. The summed E-state index contributed by atoms with van der Waals surface area (Å²) in [6.45, 7) is 1.94. The SMILES string of the molecule is CC(C(=O)NCCSc1ccccc1)N(c1cc(Cl)cc(Cl)c1)S(C)(=O)=O. The maximum absolute atomic E-state index is 12.5. The van der Waals surface area contributed by atoms with Gasteiger partial charge >= 0.3 is 0 Å². The molecular weight excluding hydrogens is 427 g/mol. The van der Waals surface area contributed by atoms with Gasteiger partial charge in [-0.05, 0) is 37.3 Å². The van der Waals surface area contributed by atoms with Gasteiger partial charge in [0.15, 0.2) is 0 Å². The zero-order valence-electron chi connectivity index (χ0n) is 14.9. The number of hydrogen-bond acceptors (Lipinski definition) is 4. The van der Waals surface area contributed by atoms with Crippen LogP contribution in [0.15, 0.2) is 53.4 Å². The Balaban J connectivity index is 2.04. The molecule has 0 radical (unpaired) electrons. The molecule has 2 aromatic carbocycles. The summed E-state index contributed by atoms with van der Waals surface area (Å²) in [5.41, 5.74) is 0.247. The number of halogens is 2. The summed E-state index contributed by atoms with van der Waals surface area (Å²) in [6.07, 6.45) is 1.04. The van der Waals surface area contributed by atoms with Crippen molar-refractivity contribution in [3.63, 3.8) is 0 Å². The Bertz CT molecular complexity index is 872. The van der Waals surface area contributed by atoms with Crippen molar-refractivity contribution in [3.8, 4) is 0 Å². The van der Waals surface area contributed by atoms with Gasteiger partial charge in [0.2, 0.25) is 15.9 Å². The number of carbonyl (C=O) groups excluding carboxylic acids is 1. The van der Waals surface area contributed by atoms with Gasteiger partial charge in [-0.1, -0.05) is 41.4 Å². The van der Waals surface area contributed by atoms with Crippen LogP contribution >= 0.6 is 35.0 Å². The number of carbonyl (C=O) groups is 1. The molecule has 2 aromatic rings. The number of benzene rings is 2. The number of nitrogens with one attached hydrogen (secondary N) is 1. The molecular formula is C18H20Cl2N2O3S2. The van der Waals surface area contributed by atoms with Crippen molar-refractivity contribution >= 4 is 56.6 Å². The van der Waals surface area contributed by atoms with Gasteiger partial charge in [-0.2, -0.15) is 0 Å². The highest BCUT2D eigenvalue weighted by molar-refractivity contribution is 7.99. The molecule has 0 saturated heterocycles. The molecule has 1 N–H and O–H groups in total. The molecule has 0 heterocycles. The zero-order valence-corrected chi connectivity index (χ0v) is 18.0. The lowest BCUT2D eigenvalue weighted by atomic mass is 10.2. The van der Waals surface area contributed by atoms with E-state index in [0.717, 1.165) is 15.5 Å². The third kappa shape index (κ3) is 6.60. The molecule has 0 bridgehead atoms. The summed E-state index contributed by atoms with van der Waals surface area (Å²) in [4.78, 5) is 13.6. The van der Waals surface area contributed by atoms with Crippen molar-refractivity contribution in [2.75, 3.05) is 22.9 Å². The van der Waals surface area contributed by atoms with E-state index in [1.807, 2.05) is 30.3 Å². The number of hydrogen-bond donors (Lipinski definition) is 1. The number of rotatable bonds is 8. The van der Waals surface area contributed by atoms with E-state index >= 15 is 0 Å². The molecule has 146 valence electrons. The van der Waals surface area contributed by atoms with Gasteiger partial charge in [0.25, 0.3) is 0 Å². The molecule has 27 heavy (non-hydrogen) atoms. The van der Waals surface area contributed by atoms with E-state index in [4.69, 9.17) is 23.2 Å². The van der Waals surface area contributed by atoms with Gasteiger partial charge in [0.05, 0.1) is 11.9 Å². The van der Waals surface area contributed by atoms with Gasteiger partial charge in [-0.15, -0.1) is 11.8 Å². The van der Waals surface area contributed by atoms with Crippen LogP contribution in [-0.4, -0.2) is 38.9 Å². The first kappa shape index (κ1) is 21.9. The smallest absolute Gasteiger partial charge is 0.243 e. The molecule has 2 rings (SSSR count). The van der Waals surface area contributed by atoms with Crippen molar-refractivity contribution in [1.82, 2.24) is 5.32 Å². The number of anilines is 1. The highest BCUT2D eigenvalue weighted by atomic mass is 35.5. The van der Waals surface area contributed by atoms with Gasteiger partial charge in [0.1, 0.15) is 6.04 Å². The topological polar surface area (TPSA) is 66.5 Å². The second-order valence-electron chi connectivity index (χ2n) is 5.81. The maximum atomic E-state index is 12.5. The minimum atomic E-state index is -3.72. The number of sulfonamides is 1. The molecule has 1 unspecified atom stereocenters. The number of amides is 1. The normalized spacial score (nSPS) is 12.4. The fraction of sp³-hybridized carbons (Fsp3) is 0.278.